The second-order valence-electron chi connectivity index (χ2n) is 9.95. The summed E-state index contributed by atoms with van der Waals surface area (Å²) in [6.45, 7) is 2.06. The maximum atomic E-state index is 15.0. The minimum absolute atomic E-state index is 0.0295. The lowest BCUT2D eigenvalue weighted by atomic mass is 10.0. The summed E-state index contributed by atoms with van der Waals surface area (Å²) in [5.41, 5.74) is -1.71. The van der Waals surface area contributed by atoms with Gasteiger partial charge in [-0.3, -0.25) is 0 Å². The zero-order valence-electron chi connectivity index (χ0n) is 22.0. The van der Waals surface area contributed by atoms with Crippen molar-refractivity contribution >= 4 is 5.97 Å². The van der Waals surface area contributed by atoms with Gasteiger partial charge in [-0.1, -0.05) is 19.4 Å². The summed E-state index contributed by atoms with van der Waals surface area (Å²) in [5.74, 6) is -15.0. The summed E-state index contributed by atoms with van der Waals surface area (Å²) in [6, 6.07) is 6.53. The molecule has 1 aliphatic rings. The fourth-order valence-electron chi connectivity index (χ4n) is 4.96. The highest BCUT2D eigenvalue weighted by atomic mass is 19.3. The fraction of sp³-hybridized carbons (Fsp3) is 0.194. The first kappa shape index (κ1) is 30.0. The second-order valence-corrected chi connectivity index (χ2v) is 9.95. The van der Waals surface area contributed by atoms with Crippen LogP contribution in [-0.2, 0) is 19.0 Å². The predicted molar refractivity (Wildman–Crippen MR) is 135 cm³/mol. The van der Waals surface area contributed by atoms with Gasteiger partial charge in [-0.25, -0.2) is 35.5 Å². The molecule has 12 heteroatoms. The maximum Gasteiger partial charge on any atom is 0.432 e. The van der Waals surface area contributed by atoms with Crippen LogP contribution in [0.2, 0.25) is 0 Å². The smallest absolute Gasteiger partial charge is 0.429 e. The first-order chi connectivity index (χ1) is 20.3. The van der Waals surface area contributed by atoms with Crippen molar-refractivity contribution in [3.05, 3.63) is 118 Å². The van der Waals surface area contributed by atoms with Crippen LogP contribution in [-0.4, -0.2) is 5.97 Å². The third-order valence-corrected chi connectivity index (χ3v) is 7.09. The van der Waals surface area contributed by atoms with E-state index in [0.29, 0.717) is 18.1 Å². The van der Waals surface area contributed by atoms with E-state index in [4.69, 9.17) is 4.74 Å². The molecule has 4 aromatic rings. The number of rotatable bonds is 7. The van der Waals surface area contributed by atoms with E-state index >= 15 is 0 Å². The summed E-state index contributed by atoms with van der Waals surface area (Å²) in [7, 11) is 0. The molecule has 1 atom stereocenters. The number of halogens is 9. The van der Waals surface area contributed by atoms with E-state index in [2.05, 4.69) is 11.7 Å². The van der Waals surface area contributed by atoms with E-state index in [0.717, 1.165) is 30.4 Å². The molecule has 0 spiro atoms. The Labute approximate surface area is 238 Å². The Hall–Kier alpha value is -4.48. The van der Waals surface area contributed by atoms with Crippen LogP contribution in [0.3, 0.4) is 0 Å². The van der Waals surface area contributed by atoms with Crippen molar-refractivity contribution in [2.75, 3.05) is 0 Å². The summed E-state index contributed by atoms with van der Waals surface area (Å²) < 4.78 is 138. The molecule has 224 valence electrons. The molecule has 5 rings (SSSR count). The molecule has 4 aromatic carbocycles. The maximum absolute atomic E-state index is 15.0. The Morgan fingerprint density at radius 1 is 0.744 bits per heavy atom. The minimum atomic E-state index is -4.90. The van der Waals surface area contributed by atoms with E-state index in [1.54, 1.807) is 12.1 Å². The first-order valence-corrected chi connectivity index (χ1v) is 12.8. The summed E-state index contributed by atoms with van der Waals surface area (Å²) >= 11 is 0. The van der Waals surface area contributed by atoms with Gasteiger partial charge in [-0.2, -0.15) is 8.78 Å². The molecule has 0 radical (unpaired) electrons. The molecule has 0 bridgehead atoms. The molecule has 0 saturated heterocycles. The highest BCUT2D eigenvalue weighted by Gasteiger charge is 2.42. The highest BCUT2D eigenvalue weighted by Crippen LogP contribution is 2.39. The number of fused-ring (bicyclic) bond motifs is 1. The number of hydrogen-bond acceptors (Lipinski definition) is 3. The van der Waals surface area contributed by atoms with Gasteiger partial charge in [0.05, 0.1) is 11.1 Å². The molecule has 0 heterocycles. The molecule has 0 aromatic heterocycles. The molecule has 1 aliphatic carbocycles. The number of hydrogen-bond donors (Lipinski definition) is 0. The molecule has 43 heavy (non-hydrogen) atoms. The Morgan fingerprint density at radius 2 is 1.30 bits per heavy atom. The van der Waals surface area contributed by atoms with Gasteiger partial charge in [0.15, 0.2) is 17.5 Å². The normalized spacial score (nSPS) is 14.5. The van der Waals surface area contributed by atoms with E-state index in [-0.39, 0.29) is 29.8 Å². The van der Waals surface area contributed by atoms with Gasteiger partial charge in [-0.05, 0) is 59.7 Å². The number of benzene rings is 4. The zero-order valence-corrected chi connectivity index (χ0v) is 22.0. The lowest BCUT2D eigenvalue weighted by Gasteiger charge is -2.20. The Morgan fingerprint density at radius 3 is 1.88 bits per heavy atom. The molecule has 1 unspecified atom stereocenters. The van der Waals surface area contributed by atoms with Crippen LogP contribution in [0.5, 0.6) is 11.5 Å². The number of carbonyl (C=O) groups is 1. The van der Waals surface area contributed by atoms with Gasteiger partial charge < -0.3 is 9.47 Å². The quantitative estimate of drug-likeness (QED) is 0.0909. The topological polar surface area (TPSA) is 35.5 Å². The van der Waals surface area contributed by atoms with E-state index in [1.165, 1.54) is 6.07 Å². The second kappa shape index (κ2) is 11.3. The van der Waals surface area contributed by atoms with Crippen LogP contribution in [0.15, 0.2) is 54.6 Å². The van der Waals surface area contributed by atoms with Crippen molar-refractivity contribution in [3.8, 4) is 22.6 Å². The van der Waals surface area contributed by atoms with Crippen LogP contribution in [0.4, 0.5) is 39.5 Å². The molecular weight excluding hydrogens is 591 g/mol. The van der Waals surface area contributed by atoms with E-state index in [1.807, 2.05) is 0 Å². The third-order valence-electron chi connectivity index (χ3n) is 7.09. The SMILES string of the molecule is CCC1Cc2ccc(C(=O)Oc3cc(F)c(-c4cc(F)c(C(F)(F)Oc5cc(F)c(F)c(F)c5)c(F)c4)c(F)c3)cc2C1. The minimum Gasteiger partial charge on any atom is -0.429 e. The molecule has 0 amide bonds. The van der Waals surface area contributed by atoms with Crippen LogP contribution in [0, 0.1) is 46.6 Å². The molecular formula is C31H19F9O3. The lowest BCUT2D eigenvalue weighted by Crippen LogP contribution is -2.25. The molecule has 0 saturated carbocycles. The average molecular weight is 610 g/mol. The fourth-order valence-corrected chi connectivity index (χ4v) is 4.96. The largest absolute Gasteiger partial charge is 0.432 e. The highest BCUT2D eigenvalue weighted by molar-refractivity contribution is 5.91. The van der Waals surface area contributed by atoms with Crippen LogP contribution >= 0.6 is 0 Å². The number of ether oxygens (including phenoxy) is 2. The van der Waals surface area contributed by atoms with Crippen LogP contribution < -0.4 is 9.47 Å². The molecule has 0 N–H and O–H groups in total. The van der Waals surface area contributed by atoms with Gasteiger partial charge in [0, 0.05) is 24.3 Å². The number of carbonyl (C=O) groups excluding carboxylic acids is 1. The van der Waals surface area contributed by atoms with Gasteiger partial charge >= 0.3 is 12.1 Å². The van der Waals surface area contributed by atoms with Crippen molar-refractivity contribution in [2.45, 2.75) is 32.3 Å². The Kier molecular flexibility index (Phi) is 7.89. The van der Waals surface area contributed by atoms with E-state index in [9.17, 15) is 44.3 Å². The molecule has 3 nitrogen and oxygen atoms in total. The number of alkyl halides is 2. The summed E-state index contributed by atoms with van der Waals surface area (Å²) in [6.07, 6.45) is -2.28. The van der Waals surface area contributed by atoms with Gasteiger partial charge in [-0.15, -0.1) is 0 Å². The first-order valence-electron chi connectivity index (χ1n) is 12.8. The zero-order chi connectivity index (χ0) is 31.2. The van der Waals surface area contributed by atoms with Crippen molar-refractivity contribution < 1.29 is 53.8 Å². The lowest BCUT2D eigenvalue weighted by molar-refractivity contribution is -0.189. The van der Waals surface area contributed by atoms with Crippen molar-refractivity contribution in [1.29, 1.82) is 0 Å². The number of esters is 1. The Bertz CT molecular complexity index is 1680. The van der Waals surface area contributed by atoms with Crippen molar-refractivity contribution in [3.63, 3.8) is 0 Å². The predicted octanol–water partition coefficient (Wildman–Crippen LogP) is 8.80. The standard InChI is InChI=1S/C31H19F9O3/c1-2-14-5-15-3-4-16(7-17(15)6-14)30(41)42-19-10-21(32)27(22(33)11-19)18-8-23(34)28(24(35)9-18)31(39,40)43-20-12-25(36)29(38)26(37)13-20/h3-4,7-14H,2,5-6H2,1H3. The summed E-state index contributed by atoms with van der Waals surface area (Å²) in [4.78, 5) is 12.6. The van der Waals surface area contributed by atoms with Gasteiger partial charge in [0.1, 0.15) is 40.3 Å². The van der Waals surface area contributed by atoms with E-state index < -0.39 is 81.0 Å². The van der Waals surface area contributed by atoms with Gasteiger partial charge in [0.25, 0.3) is 0 Å². The third kappa shape index (κ3) is 5.91. The van der Waals surface area contributed by atoms with Crippen LogP contribution in [0.1, 0.15) is 40.4 Å². The van der Waals surface area contributed by atoms with Gasteiger partial charge in [0.2, 0.25) is 0 Å². The molecule has 0 fully saturated rings. The summed E-state index contributed by atoms with van der Waals surface area (Å²) in [5, 5.41) is 0. The van der Waals surface area contributed by atoms with Crippen molar-refractivity contribution in [1.82, 2.24) is 0 Å². The monoisotopic (exact) mass is 610 g/mol. The Balaban J connectivity index is 1.39. The average Bonchev–Trinajstić information content (AvgIpc) is 3.33. The molecule has 0 aliphatic heterocycles. The van der Waals surface area contributed by atoms with Crippen molar-refractivity contribution in [2.24, 2.45) is 5.92 Å². The van der Waals surface area contributed by atoms with Crippen LogP contribution in [0.25, 0.3) is 11.1 Å².